The molecule has 0 aliphatic rings. The fourth-order valence-electron chi connectivity index (χ4n) is 2.19. The first kappa shape index (κ1) is 15.1. The summed E-state index contributed by atoms with van der Waals surface area (Å²) in [5.74, 6) is 6.06. The second kappa shape index (κ2) is 6.31. The number of benzene rings is 1. The van der Waals surface area contributed by atoms with Crippen molar-refractivity contribution in [3.05, 3.63) is 29.8 Å². The Hall–Kier alpha value is -0.910. The van der Waals surface area contributed by atoms with Gasteiger partial charge in [-0.05, 0) is 23.6 Å². The van der Waals surface area contributed by atoms with Crippen LogP contribution in [0.2, 0.25) is 0 Å². The van der Waals surface area contributed by atoms with Crippen LogP contribution in [0.1, 0.15) is 38.3 Å². The van der Waals surface area contributed by atoms with Crippen LogP contribution in [-0.2, 0) is 9.84 Å². The topological polar surface area (TPSA) is 72.2 Å². The normalized spacial score (nSPS) is 13.8. The smallest absolute Gasteiger partial charge is 0.175 e. The highest BCUT2D eigenvalue weighted by atomic mass is 32.2. The zero-order chi connectivity index (χ0) is 13.8. The standard InChI is InChI=1S/C13H22N2O2S/c1-4-10(5-2)13(15-14)11-6-8-12(9-7-11)18(3,16)17/h6-10,13,15H,4-5,14H2,1-3H3. The molecule has 1 rings (SSSR count). The Morgan fingerprint density at radius 2 is 1.67 bits per heavy atom. The van der Waals surface area contributed by atoms with Crippen molar-refractivity contribution in [3.63, 3.8) is 0 Å². The summed E-state index contributed by atoms with van der Waals surface area (Å²) in [6.45, 7) is 4.26. The van der Waals surface area contributed by atoms with Crippen molar-refractivity contribution in [2.24, 2.45) is 11.8 Å². The Kier molecular flexibility index (Phi) is 5.31. The zero-order valence-corrected chi connectivity index (χ0v) is 12.0. The average molecular weight is 270 g/mol. The number of hydrazine groups is 1. The van der Waals surface area contributed by atoms with Crippen LogP contribution >= 0.6 is 0 Å². The fraction of sp³-hybridized carbons (Fsp3) is 0.538. The quantitative estimate of drug-likeness (QED) is 0.613. The van der Waals surface area contributed by atoms with Gasteiger partial charge in [-0.25, -0.2) is 8.42 Å². The zero-order valence-electron chi connectivity index (χ0n) is 11.2. The van der Waals surface area contributed by atoms with Gasteiger partial charge in [-0.3, -0.25) is 11.3 Å². The van der Waals surface area contributed by atoms with Crippen LogP contribution in [-0.4, -0.2) is 14.7 Å². The summed E-state index contributed by atoms with van der Waals surface area (Å²) < 4.78 is 22.8. The van der Waals surface area contributed by atoms with Crippen LogP contribution in [0.5, 0.6) is 0 Å². The van der Waals surface area contributed by atoms with Crippen molar-refractivity contribution < 1.29 is 8.42 Å². The van der Waals surface area contributed by atoms with Gasteiger partial charge < -0.3 is 0 Å². The number of hydrogen-bond donors (Lipinski definition) is 2. The van der Waals surface area contributed by atoms with Crippen LogP contribution < -0.4 is 11.3 Å². The lowest BCUT2D eigenvalue weighted by Crippen LogP contribution is -2.33. The molecule has 0 saturated heterocycles. The third-order valence-corrected chi connectivity index (χ3v) is 4.50. The summed E-state index contributed by atoms with van der Waals surface area (Å²) in [5.41, 5.74) is 3.86. The van der Waals surface area contributed by atoms with E-state index >= 15 is 0 Å². The molecule has 3 N–H and O–H groups in total. The van der Waals surface area contributed by atoms with E-state index < -0.39 is 9.84 Å². The first-order valence-electron chi connectivity index (χ1n) is 6.20. The Morgan fingerprint density at radius 3 is 2.00 bits per heavy atom. The van der Waals surface area contributed by atoms with Crippen molar-refractivity contribution >= 4 is 9.84 Å². The van der Waals surface area contributed by atoms with E-state index in [4.69, 9.17) is 5.84 Å². The molecule has 0 amide bonds. The second-order valence-corrected chi connectivity index (χ2v) is 6.58. The third-order valence-electron chi connectivity index (χ3n) is 3.37. The molecule has 0 aromatic heterocycles. The molecule has 0 fully saturated rings. The third kappa shape index (κ3) is 3.54. The molecule has 0 aliphatic heterocycles. The molecule has 1 aromatic carbocycles. The summed E-state index contributed by atoms with van der Waals surface area (Å²) in [7, 11) is -3.14. The molecule has 0 saturated carbocycles. The van der Waals surface area contributed by atoms with Crippen LogP contribution in [0.4, 0.5) is 0 Å². The second-order valence-electron chi connectivity index (χ2n) is 4.56. The molecule has 102 valence electrons. The average Bonchev–Trinajstić information content (AvgIpc) is 2.35. The highest BCUT2D eigenvalue weighted by molar-refractivity contribution is 7.90. The van der Waals surface area contributed by atoms with Crippen molar-refractivity contribution in [3.8, 4) is 0 Å². The molecular formula is C13H22N2O2S. The number of sulfone groups is 1. The number of nitrogens with two attached hydrogens (primary N) is 1. The van der Waals surface area contributed by atoms with Gasteiger partial charge in [0, 0.05) is 12.3 Å². The van der Waals surface area contributed by atoms with Gasteiger partial charge in [0.15, 0.2) is 9.84 Å². The van der Waals surface area contributed by atoms with Crippen LogP contribution in [0.25, 0.3) is 0 Å². The predicted molar refractivity (Wildman–Crippen MR) is 73.7 cm³/mol. The maximum absolute atomic E-state index is 11.4. The first-order valence-corrected chi connectivity index (χ1v) is 8.09. The number of nitrogens with one attached hydrogen (secondary N) is 1. The molecule has 18 heavy (non-hydrogen) atoms. The molecule has 0 spiro atoms. The summed E-state index contributed by atoms with van der Waals surface area (Å²) >= 11 is 0. The monoisotopic (exact) mass is 270 g/mol. The van der Waals surface area contributed by atoms with Crippen molar-refractivity contribution in [1.82, 2.24) is 5.43 Å². The molecule has 0 heterocycles. The highest BCUT2D eigenvalue weighted by Gasteiger charge is 2.19. The molecular weight excluding hydrogens is 248 g/mol. The van der Waals surface area contributed by atoms with Gasteiger partial charge in [-0.1, -0.05) is 38.8 Å². The Bertz CT molecular complexity index is 464. The maximum atomic E-state index is 11.4. The lowest BCUT2D eigenvalue weighted by atomic mass is 9.89. The Morgan fingerprint density at radius 1 is 1.17 bits per heavy atom. The Balaban J connectivity index is 3.02. The molecule has 0 bridgehead atoms. The predicted octanol–water partition coefficient (Wildman–Crippen LogP) is 2.03. The van der Waals surface area contributed by atoms with E-state index in [1.165, 1.54) is 6.26 Å². The van der Waals surface area contributed by atoms with Gasteiger partial charge in [0.1, 0.15) is 0 Å². The summed E-state index contributed by atoms with van der Waals surface area (Å²) in [4.78, 5) is 0.339. The summed E-state index contributed by atoms with van der Waals surface area (Å²) in [5, 5.41) is 0. The van der Waals surface area contributed by atoms with E-state index in [2.05, 4.69) is 19.3 Å². The van der Waals surface area contributed by atoms with Crippen LogP contribution in [0.15, 0.2) is 29.2 Å². The largest absolute Gasteiger partial charge is 0.271 e. The molecule has 0 aliphatic carbocycles. The summed E-state index contributed by atoms with van der Waals surface area (Å²) in [6.07, 6.45) is 3.26. The number of hydrogen-bond acceptors (Lipinski definition) is 4. The van der Waals surface area contributed by atoms with Crippen molar-refractivity contribution in [2.75, 3.05) is 6.26 Å². The van der Waals surface area contributed by atoms with Gasteiger partial charge in [0.2, 0.25) is 0 Å². The first-order chi connectivity index (χ1) is 8.43. The lowest BCUT2D eigenvalue weighted by Gasteiger charge is -2.25. The van der Waals surface area contributed by atoms with E-state index in [1.807, 2.05) is 12.1 Å². The SMILES string of the molecule is CCC(CC)C(NN)c1ccc(S(C)(=O)=O)cc1. The van der Waals surface area contributed by atoms with E-state index in [9.17, 15) is 8.42 Å². The molecule has 1 aromatic rings. The van der Waals surface area contributed by atoms with E-state index in [0.29, 0.717) is 10.8 Å². The molecule has 5 heteroatoms. The van der Waals surface area contributed by atoms with Crippen LogP contribution in [0, 0.1) is 5.92 Å². The van der Waals surface area contributed by atoms with Gasteiger partial charge in [0.25, 0.3) is 0 Å². The lowest BCUT2D eigenvalue weighted by molar-refractivity contribution is 0.345. The van der Waals surface area contributed by atoms with Crippen LogP contribution in [0.3, 0.4) is 0 Å². The van der Waals surface area contributed by atoms with E-state index in [0.717, 1.165) is 18.4 Å². The van der Waals surface area contributed by atoms with Gasteiger partial charge >= 0.3 is 0 Å². The van der Waals surface area contributed by atoms with Gasteiger partial charge in [-0.15, -0.1) is 0 Å². The van der Waals surface area contributed by atoms with Gasteiger partial charge in [-0.2, -0.15) is 0 Å². The Labute approximate surface area is 109 Å². The minimum absolute atomic E-state index is 0.0635. The molecule has 0 radical (unpaired) electrons. The van der Waals surface area contributed by atoms with Crippen molar-refractivity contribution in [2.45, 2.75) is 37.6 Å². The van der Waals surface area contributed by atoms with E-state index in [1.54, 1.807) is 12.1 Å². The maximum Gasteiger partial charge on any atom is 0.175 e. The van der Waals surface area contributed by atoms with Gasteiger partial charge in [0.05, 0.1) is 4.90 Å². The molecule has 1 unspecified atom stereocenters. The number of rotatable bonds is 6. The van der Waals surface area contributed by atoms with E-state index in [-0.39, 0.29) is 6.04 Å². The molecule has 1 atom stereocenters. The minimum atomic E-state index is -3.14. The molecule has 4 nitrogen and oxygen atoms in total. The van der Waals surface area contributed by atoms with Crippen molar-refractivity contribution in [1.29, 1.82) is 0 Å². The highest BCUT2D eigenvalue weighted by Crippen LogP contribution is 2.27. The summed E-state index contributed by atoms with van der Waals surface area (Å²) in [6, 6.07) is 7.00. The fourth-order valence-corrected chi connectivity index (χ4v) is 2.82. The minimum Gasteiger partial charge on any atom is -0.271 e.